The Morgan fingerprint density at radius 2 is 1.84 bits per heavy atom. The smallest absolute Gasteiger partial charge is 0.312 e. The second kappa shape index (κ2) is 9.99. The van der Waals surface area contributed by atoms with E-state index in [4.69, 9.17) is 4.74 Å². The fraction of sp³-hybridized carbons (Fsp3) is 0.333. The summed E-state index contributed by atoms with van der Waals surface area (Å²) in [6, 6.07) is 16.0. The van der Waals surface area contributed by atoms with Crippen LogP contribution in [0.25, 0.3) is 5.69 Å². The predicted octanol–water partition coefficient (Wildman–Crippen LogP) is 6.12. The zero-order chi connectivity index (χ0) is 22.5. The molecule has 1 aliphatic carbocycles. The molecular formula is C24H25N3O4S. The first-order chi connectivity index (χ1) is 15.5. The summed E-state index contributed by atoms with van der Waals surface area (Å²) < 4.78 is 7.45. The van der Waals surface area contributed by atoms with Crippen molar-refractivity contribution < 1.29 is 14.5 Å². The van der Waals surface area contributed by atoms with E-state index in [0.717, 1.165) is 12.1 Å². The zero-order valence-electron chi connectivity index (χ0n) is 17.9. The highest BCUT2D eigenvalue weighted by atomic mass is 32.2. The molecule has 0 spiro atoms. The number of ether oxygens (including phenoxy) is 1. The summed E-state index contributed by atoms with van der Waals surface area (Å²) in [5.74, 6) is 0.579. The number of nitro groups is 1. The van der Waals surface area contributed by atoms with Gasteiger partial charge in [0.1, 0.15) is 0 Å². The van der Waals surface area contributed by atoms with Crippen LogP contribution in [0, 0.1) is 23.0 Å². The topological polar surface area (TPSA) is 87.3 Å². The van der Waals surface area contributed by atoms with E-state index in [1.165, 1.54) is 43.5 Å². The lowest BCUT2D eigenvalue weighted by Gasteiger charge is -2.12. The fourth-order valence-corrected chi connectivity index (χ4v) is 5.04. The Balaban J connectivity index is 1.66. The van der Waals surface area contributed by atoms with E-state index < -0.39 is 4.92 Å². The molecule has 166 valence electrons. The van der Waals surface area contributed by atoms with E-state index in [-0.39, 0.29) is 11.7 Å². The van der Waals surface area contributed by atoms with Crippen molar-refractivity contribution in [3.05, 3.63) is 70.4 Å². The lowest BCUT2D eigenvalue weighted by molar-refractivity contribution is -0.387. The Bertz CT molecular complexity index is 1110. The first-order valence-electron chi connectivity index (χ1n) is 10.8. The number of aryl methyl sites for hydroxylation is 1. The maximum atomic E-state index is 12.8. The van der Waals surface area contributed by atoms with Crippen molar-refractivity contribution in [3.63, 3.8) is 0 Å². The van der Waals surface area contributed by atoms with E-state index in [1.807, 2.05) is 37.3 Å². The Hall–Kier alpha value is -3.13. The molecule has 1 aliphatic rings. The fourth-order valence-electron chi connectivity index (χ4n) is 4.03. The first-order valence-corrected chi connectivity index (χ1v) is 11.6. The highest BCUT2D eigenvalue weighted by Gasteiger charge is 2.25. The minimum atomic E-state index is -0.410. The predicted molar refractivity (Wildman–Crippen MR) is 122 cm³/mol. The molecule has 1 heterocycles. The van der Waals surface area contributed by atoms with Crippen molar-refractivity contribution in [2.75, 3.05) is 0 Å². The highest BCUT2D eigenvalue weighted by molar-refractivity contribution is 7.99. The largest absolute Gasteiger partial charge is 0.406 e. The monoisotopic (exact) mass is 451 g/mol. The molecule has 0 radical (unpaired) electrons. The summed E-state index contributed by atoms with van der Waals surface area (Å²) in [5.41, 5.74) is 1.39. The quantitative estimate of drug-likeness (QED) is 0.233. The van der Waals surface area contributed by atoms with E-state index in [1.54, 1.807) is 22.9 Å². The van der Waals surface area contributed by atoms with Crippen LogP contribution in [0.2, 0.25) is 0 Å². The molecule has 0 atom stereocenters. The van der Waals surface area contributed by atoms with Gasteiger partial charge in [-0.2, -0.15) is 9.78 Å². The average molecular weight is 452 g/mol. The van der Waals surface area contributed by atoms with Gasteiger partial charge in [-0.3, -0.25) is 14.9 Å². The molecule has 1 saturated carbocycles. The van der Waals surface area contributed by atoms with Gasteiger partial charge in [0, 0.05) is 12.5 Å². The standard InChI is InChI=1S/C24H25N3O4S/c1-17-23(32-21-14-8-7-13-20(21)27(29)30)24(26(25-17)19-11-3-2-4-12-19)31-22(28)16-15-18-9-5-6-10-18/h2-4,7-8,11-14,18H,5-6,9-10,15-16H2,1H3. The lowest BCUT2D eigenvalue weighted by Crippen LogP contribution is -2.13. The van der Waals surface area contributed by atoms with Gasteiger partial charge < -0.3 is 4.74 Å². The van der Waals surface area contributed by atoms with Crippen molar-refractivity contribution in [3.8, 4) is 11.6 Å². The van der Waals surface area contributed by atoms with Crippen molar-refractivity contribution in [1.82, 2.24) is 9.78 Å². The van der Waals surface area contributed by atoms with Crippen LogP contribution in [0.5, 0.6) is 5.88 Å². The van der Waals surface area contributed by atoms with Gasteiger partial charge in [0.05, 0.1) is 26.1 Å². The summed E-state index contributed by atoms with van der Waals surface area (Å²) in [7, 11) is 0. The summed E-state index contributed by atoms with van der Waals surface area (Å²) in [6.45, 7) is 1.81. The van der Waals surface area contributed by atoms with Gasteiger partial charge in [-0.25, -0.2) is 0 Å². The third-order valence-corrected chi connectivity index (χ3v) is 6.92. The Morgan fingerprint density at radius 3 is 2.56 bits per heavy atom. The van der Waals surface area contributed by atoms with Crippen LogP contribution in [0.3, 0.4) is 0 Å². The van der Waals surface area contributed by atoms with Crippen molar-refractivity contribution in [2.24, 2.45) is 5.92 Å². The second-order valence-electron chi connectivity index (χ2n) is 7.96. The van der Waals surface area contributed by atoms with Crippen LogP contribution in [0.4, 0.5) is 5.69 Å². The van der Waals surface area contributed by atoms with Gasteiger partial charge in [0.2, 0.25) is 5.88 Å². The Kier molecular flexibility index (Phi) is 6.90. The number of para-hydroxylation sites is 2. The lowest BCUT2D eigenvalue weighted by atomic mass is 10.0. The molecule has 1 fully saturated rings. The maximum Gasteiger partial charge on any atom is 0.312 e. The van der Waals surface area contributed by atoms with Gasteiger partial charge in [-0.1, -0.05) is 67.8 Å². The summed E-state index contributed by atoms with van der Waals surface area (Å²) in [4.78, 5) is 24.9. The Labute approximate surface area is 190 Å². The van der Waals surface area contributed by atoms with Crippen LogP contribution < -0.4 is 4.74 Å². The number of benzene rings is 2. The number of esters is 1. The van der Waals surface area contributed by atoms with E-state index in [9.17, 15) is 14.9 Å². The zero-order valence-corrected chi connectivity index (χ0v) is 18.7. The molecule has 8 heteroatoms. The molecule has 1 aromatic heterocycles. The van der Waals surface area contributed by atoms with Gasteiger partial charge in [0.25, 0.3) is 5.69 Å². The molecule has 2 aromatic carbocycles. The highest BCUT2D eigenvalue weighted by Crippen LogP contribution is 2.42. The number of carbonyl (C=O) groups excluding carboxylic acids is 1. The SMILES string of the molecule is Cc1nn(-c2ccccc2)c(OC(=O)CCC2CCCC2)c1Sc1ccccc1[N+](=O)[O-]. The van der Waals surface area contributed by atoms with Crippen molar-refractivity contribution in [2.45, 2.75) is 55.2 Å². The number of nitrogens with zero attached hydrogens (tertiary/aromatic N) is 3. The number of aromatic nitrogens is 2. The van der Waals surface area contributed by atoms with Gasteiger partial charge >= 0.3 is 5.97 Å². The average Bonchev–Trinajstić information content (AvgIpc) is 3.42. The molecule has 32 heavy (non-hydrogen) atoms. The maximum absolute atomic E-state index is 12.8. The minimum absolute atomic E-state index is 0.00266. The molecule has 4 rings (SSSR count). The Morgan fingerprint density at radius 1 is 1.16 bits per heavy atom. The number of rotatable bonds is 8. The molecule has 0 aliphatic heterocycles. The van der Waals surface area contributed by atoms with Gasteiger partial charge in [-0.05, 0) is 37.5 Å². The van der Waals surface area contributed by atoms with E-state index >= 15 is 0 Å². The molecule has 0 bridgehead atoms. The third-order valence-electron chi connectivity index (χ3n) is 5.68. The minimum Gasteiger partial charge on any atom is -0.406 e. The van der Waals surface area contributed by atoms with E-state index in [2.05, 4.69) is 5.10 Å². The first kappa shape index (κ1) is 22.1. The van der Waals surface area contributed by atoms with Gasteiger partial charge in [-0.15, -0.1) is 0 Å². The molecule has 3 aromatic rings. The second-order valence-corrected chi connectivity index (χ2v) is 9.01. The van der Waals surface area contributed by atoms with Crippen LogP contribution >= 0.6 is 11.8 Å². The number of carbonyl (C=O) groups is 1. The summed E-state index contributed by atoms with van der Waals surface area (Å²) in [6.07, 6.45) is 5.98. The number of hydrogen-bond donors (Lipinski definition) is 0. The van der Waals surface area contributed by atoms with Crippen LogP contribution in [-0.2, 0) is 4.79 Å². The molecule has 0 amide bonds. The van der Waals surface area contributed by atoms with Crippen LogP contribution in [0.1, 0.15) is 44.2 Å². The summed E-state index contributed by atoms with van der Waals surface area (Å²) >= 11 is 1.19. The number of hydrogen-bond acceptors (Lipinski definition) is 6. The molecule has 0 saturated heterocycles. The summed E-state index contributed by atoms with van der Waals surface area (Å²) in [5, 5.41) is 16.1. The number of nitro benzene ring substituents is 1. The third kappa shape index (κ3) is 5.02. The van der Waals surface area contributed by atoms with E-state index in [0.29, 0.717) is 33.7 Å². The van der Waals surface area contributed by atoms with Gasteiger partial charge in [0.15, 0.2) is 0 Å². The van der Waals surface area contributed by atoms with Crippen LogP contribution in [-0.4, -0.2) is 20.7 Å². The van der Waals surface area contributed by atoms with Crippen LogP contribution in [0.15, 0.2) is 64.4 Å². The molecule has 0 N–H and O–H groups in total. The molecular weight excluding hydrogens is 426 g/mol. The van der Waals surface area contributed by atoms with Crippen molar-refractivity contribution >= 4 is 23.4 Å². The van der Waals surface area contributed by atoms with Crippen molar-refractivity contribution in [1.29, 1.82) is 0 Å². The molecule has 7 nitrogen and oxygen atoms in total. The normalized spacial score (nSPS) is 13.9. The molecule has 0 unspecified atom stereocenters.